The first-order valence-electron chi connectivity index (χ1n) is 8.87. The maximum absolute atomic E-state index is 13.0. The number of alkyl halides is 3. The van der Waals surface area contributed by atoms with E-state index in [1.807, 2.05) is 6.07 Å². The van der Waals surface area contributed by atoms with Gasteiger partial charge in [0.1, 0.15) is 23.5 Å². The number of halogens is 4. The number of hydrogen-bond acceptors (Lipinski definition) is 4. The van der Waals surface area contributed by atoms with E-state index in [1.54, 1.807) is 25.5 Å². The quantitative estimate of drug-likeness (QED) is 0.662. The molecule has 0 unspecified atom stereocenters. The number of nitrogens with zero attached hydrogens (tertiary/aromatic N) is 3. The van der Waals surface area contributed by atoms with Crippen LogP contribution in [0.15, 0.2) is 17.1 Å². The Balaban J connectivity index is 2.35. The van der Waals surface area contributed by atoms with Crippen LogP contribution in [-0.2, 0) is 28.8 Å². The SMILES string of the molecule is COCCCn1c(C)c(C)c(C#N)c1NC(=O)Cn1cc(C(F)(F)F)cc(Cl)c1=O. The van der Waals surface area contributed by atoms with Gasteiger partial charge in [-0.25, -0.2) is 0 Å². The lowest BCUT2D eigenvalue weighted by molar-refractivity contribution is -0.138. The molecule has 0 aliphatic rings. The monoisotopic (exact) mass is 444 g/mol. The number of nitrogens with one attached hydrogen (secondary N) is 1. The molecular formula is C19H20ClF3N4O3. The molecule has 0 fully saturated rings. The van der Waals surface area contributed by atoms with Gasteiger partial charge in [0.15, 0.2) is 0 Å². The van der Waals surface area contributed by atoms with Crippen LogP contribution in [-0.4, -0.2) is 28.8 Å². The van der Waals surface area contributed by atoms with Crippen LogP contribution in [0.1, 0.15) is 28.8 Å². The van der Waals surface area contributed by atoms with Gasteiger partial charge >= 0.3 is 6.18 Å². The lowest BCUT2D eigenvalue weighted by Crippen LogP contribution is -2.29. The van der Waals surface area contributed by atoms with Crippen molar-refractivity contribution < 1.29 is 22.7 Å². The highest BCUT2D eigenvalue weighted by atomic mass is 35.5. The summed E-state index contributed by atoms with van der Waals surface area (Å²) in [4.78, 5) is 24.6. The lowest BCUT2D eigenvalue weighted by Gasteiger charge is -2.14. The van der Waals surface area contributed by atoms with Crippen molar-refractivity contribution in [3.05, 3.63) is 50.0 Å². The molecule has 1 amide bonds. The molecule has 0 aliphatic carbocycles. The van der Waals surface area contributed by atoms with Crippen LogP contribution in [0.3, 0.4) is 0 Å². The van der Waals surface area contributed by atoms with E-state index in [1.165, 1.54) is 0 Å². The van der Waals surface area contributed by atoms with Crippen molar-refractivity contribution in [1.29, 1.82) is 5.26 Å². The average molecular weight is 445 g/mol. The second kappa shape index (κ2) is 9.36. The summed E-state index contributed by atoms with van der Waals surface area (Å²) in [6.45, 7) is 3.73. The van der Waals surface area contributed by atoms with E-state index in [2.05, 4.69) is 5.32 Å². The molecule has 0 atom stereocenters. The Morgan fingerprint density at radius 1 is 1.37 bits per heavy atom. The molecule has 30 heavy (non-hydrogen) atoms. The summed E-state index contributed by atoms with van der Waals surface area (Å²) >= 11 is 5.61. The summed E-state index contributed by atoms with van der Waals surface area (Å²) in [7, 11) is 1.55. The maximum atomic E-state index is 13.0. The number of pyridine rings is 1. The first kappa shape index (κ1) is 23.5. The number of ether oxygens (including phenoxy) is 1. The highest BCUT2D eigenvalue weighted by Gasteiger charge is 2.32. The Labute approximate surface area is 175 Å². The summed E-state index contributed by atoms with van der Waals surface area (Å²) in [6.07, 6.45) is -3.58. The second-order valence-corrected chi connectivity index (χ2v) is 7.01. The average Bonchev–Trinajstić information content (AvgIpc) is 2.88. The van der Waals surface area contributed by atoms with E-state index in [-0.39, 0.29) is 11.4 Å². The van der Waals surface area contributed by atoms with E-state index in [4.69, 9.17) is 16.3 Å². The fourth-order valence-corrected chi connectivity index (χ4v) is 3.20. The molecule has 2 rings (SSSR count). The normalized spacial score (nSPS) is 11.4. The highest BCUT2D eigenvalue weighted by molar-refractivity contribution is 6.30. The van der Waals surface area contributed by atoms with Crippen LogP contribution < -0.4 is 10.9 Å². The van der Waals surface area contributed by atoms with Gasteiger partial charge in [-0.2, -0.15) is 18.4 Å². The molecule has 2 heterocycles. The third-order valence-corrected chi connectivity index (χ3v) is 4.88. The predicted octanol–water partition coefficient (Wildman–Crippen LogP) is 3.49. The van der Waals surface area contributed by atoms with Crippen LogP contribution in [0.25, 0.3) is 0 Å². The molecular weight excluding hydrogens is 425 g/mol. The number of carbonyl (C=O) groups excluding carboxylic acids is 1. The number of hydrogen-bond donors (Lipinski definition) is 1. The second-order valence-electron chi connectivity index (χ2n) is 6.60. The Hall–Kier alpha value is -2.77. The van der Waals surface area contributed by atoms with Crippen LogP contribution in [0.5, 0.6) is 0 Å². The molecule has 0 saturated carbocycles. The zero-order valence-electron chi connectivity index (χ0n) is 16.6. The van der Waals surface area contributed by atoms with Gasteiger partial charge in [-0.05, 0) is 31.9 Å². The molecule has 11 heteroatoms. The third-order valence-electron chi connectivity index (χ3n) is 4.61. The molecule has 0 saturated heterocycles. The molecule has 0 aromatic carbocycles. The van der Waals surface area contributed by atoms with E-state index in [0.717, 1.165) is 5.69 Å². The summed E-state index contributed by atoms with van der Waals surface area (Å²) < 4.78 is 46.3. The zero-order valence-corrected chi connectivity index (χ0v) is 17.3. The maximum Gasteiger partial charge on any atom is 0.417 e. The first-order chi connectivity index (χ1) is 14.0. The summed E-state index contributed by atoms with van der Waals surface area (Å²) in [5.74, 6) is -0.547. The fraction of sp³-hybridized carbons (Fsp3) is 0.421. The molecule has 0 bridgehead atoms. The van der Waals surface area contributed by atoms with Gasteiger partial charge in [0.2, 0.25) is 5.91 Å². The van der Waals surface area contributed by atoms with Crippen molar-refractivity contribution in [2.24, 2.45) is 0 Å². The van der Waals surface area contributed by atoms with Crippen molar-refractivity contribution >= 4 is 23.3 Å². The molecule has 0 aliphatic heterocycles. The van der Waals surface area contributed by atoms with Crippen LogP contribution in [0.4, 0.5) is 19.0 Å². The molecule has 162 valence electrons. The summed E-state index contributed by atoms with van der Waals surface area (Å²) in [5, 5.41) is 11.4. The number of carbonyl (C=O) groups is 1. The summed E-state index contributed by atoms with van der Waals surface area (Å²) in [6, 6.07) is 2.54. The molecule has 1 N–H and O–H groups in total. The van der Waals surface area contributed by atoms with E-state index < -0.39 is 34.8 Å². The van der Waals surface area contributed by atoms with Crippen LogP contribution in [0, 0.1) is 25.2 Å². The summed E-state index contributed by atoms with van der Waals surface area (Å²) in [5.41, 5.74) is -0.398. The Morgan fingerprint density at radius 2 is 2.03 bits per heavy atom. The van der Waals surface area contributed by atoms with Gasteiger partial charge in [-0.1, -0.05) is 11.6 Å². The van der Waals surface area contributed by atoms with Crippen LogP contribution in [0.2, 0.25) is 5.02 Å². The fourth-order valence-electron chi connectivity index (χ4n) is 2.97. The van der Waals surface area contributed by atoms with Crippen molar-refractivity contribution in [2.75, 3.05) is 19.0 Å². The number of amides is 1. The Kier molecular flexibility index (Phi) is 7.34. The van der Waals surface area contributed by atoms with Crippen molar-refractivity contribution in [3.8, 4) is 6.07 Å². The molecule has 2 aromatic heterocycles. The van der Waals surface area contributed by atoms with Crippen molar-refractivity contribution in [3.63, 3.8) is 0 Å². The zero-order chi connectivity index (χ0) is 22.6. The smallest absolute Gasteiger partial charge is 0.385 e. The topological polar surface area (TPSA) is 89.1 Å². The van der Waals surface area contributed by atoms with E-state index in [0.29, 0.717) is 42.0 Å². The largest absolute Gasteiger partial charge is 0.417 e. The Bertz CT molecular complexity index is 1050. The highest BCUT2D eigenvalue weighted by Crippen LogP contribution is 2.30. The lowest BCUT2D eigenvalue weighted by atomic mass is 10.2. The Morgan fingerprint density at radius 3 is 2.60 bits per heavy atom. The molecule has 2 aromatic rings. The van der Waals surface area contributed by atoms with E-state index >= 15 is 0 Å². The molecule has 7 nitrogen and oxygen atoms in total. The number of anilines is 1. The van der Waals surface area contributed by atoms with Gasteiger partial charge in [-0.3, -0.25) is 9.59 Å². The number of nitriles is 1. The van der Waals surface area contributed by atoms with E-state index in [9.17, 15) is 28.0 Å². The van der Waals surface area contributed by atoms with Crippen molar-refractivity contribution in [2.45, 2.75) is 39.5 Å². The first-order valence-corrected chi connectivity index (χ1v) is 9.24. The van der Waals surface area contributed by atoms with Gasteiger partial charge in [0.05, 0.1) is 11.1 Å². The van der Waals surface area contributed by atoms with Gasteiger partial charge < -0.3 is 19.2 Å². The minimum Gasteiger partial charge on any atom is -0.385 e. The van der Waals surface area contributed by atoms with Gasteiger partial charge in [-0.15, -0.1) is 0 Å². The number of aromatic nitrogens is 2. The minimum atomic E-state index is -4.73. The standard InChI is InChI=1S/C19H20ClF3N4O3/c1-11-12(2)27(5-4-6-30-3)17(14(11)8-24)25-16(28)10-26-9-13(19(21,22)23)7-15(20)18(26)29/h7,9H,4-6,10H2,1-3H3,(H,25,28). The predicted molar refractivity (Wildman–Crippen MR) is 104 cm³/mol. The van der Waals surface area contributed by atoms with Gasteiger partial charge in [0.25, 0.3) is 5.56 Å². The molecule has 0 radical (unpaired) electrons. The molecule has 0 spiro atoms. The number of methoxy groups -OCH3 is 1. The minimum absolute atomic E-state index is 0.222. The van der Waals surface area contributed by atoms with Crippen LogP contribution >= 0.6 is 11.6 Å². The third kappa shape index (κ3) is 5.04. The number of rotatable bonds is 7. The van der Waals surface area contributed by atoms with Gasteiger partial charge in [0, 0.05) is 32.2 Å². The van der Waals surface area contributed by atoms with Crippen molar-refractivity contribution in [1.82, 2.24) is 9.13 Å².